The van der Waals surface area contributed by atoms with E-state index in [2.05, 4.69) is 24.1 Å². The van der Waals surface area contributed by atoms with Gasteiger partial charge in [-0.1, -0.05) is 19.9 Å². The summed E-state index contributed by atoms with van der Waals surface area (Å²) in [7, 11) is 0. The van der Waals surface area contributed by atoms with Gasteiger partial charge in [0.15, 0.2) is 0 Å². The Morgan fingerprint density at radius 1 is 1.40 bits per heavy atom. The van der Waals surface area contributed by atoms with Crippen LogP contribution in [0.1, 0.15) is 38.2 Å². The summed E-state index contributed by atoms with van der Waals surface area (Å²) >= 11 is 0. The quantitative estimate of drug-likeness (QED) is 0.824. The number of carbonyl (C=O) groups is 1. The Labute approximate surface area is 90.9 Å². The summed E-state index contributed by atoms with van der Waals surface area (Å²) in [6.07, 6.45) is 1.62. The van der Waals surface area contributed by atoms with Crippen molar-refractivity contribution in [2.45, 2.75) is 33.2 Å². The molecule has 82 valence electrons. The van der Waals surface area contributed by atoms with Gasteiger partial charge in [0.1, 0.15) is 5.69 Å². The molecule has 0 bridgehead atoms. The van der Waals surface area contributed by atoms with E-state index in [0.29, 0.717) is 11.6 Å². The fraction of sp³-hybridized carbons (Fsp3) is 0.500. The highest BCUT2D eigenvalue weighted by atomic mass is 16.2. The van der Waals surface area contributed by atoms with E-state index in [1.54, 1.807) is 18.3 Å². The van der Waals surface area contributed by atoms with Gasteiger partial charge in [-0.15, -0.1) is 0 Å². The summed E-state index contributed by atoms with van der Waals surface area (Å²) in [6.45, 7) is 8.19. The van der Waals surface area contributed by atoms with E-state index in [1.165, 1.54) is 0 Å². The number of pyridine rings is 1. The fourth-order valence-electron chi connectivity index (χ4n) is 0.998. The second kappa shape index (κ2) is 4.43. The molecule has 1 aromatic heterocycles. The van der Waals surface area contributed by atoms with E-state index >= 15 is 0 Å². The highest BCUT2D eigenvalue weighted by Gasteiger charge is 2.24. The molecule has 1 rings (SSSR count). The van der Waals surface area contributed by atoms with Crippen LogP contribution in [-0.4, -0.2) is 16.4 Å². The molecule has 0 spiro atoms. The first-order valence-corrected chi connectivity index (χ1v) is 5.17. The number of nitrogens with one attached hydrogen (secondary N) is 1. The molecule has 1 N–H and O–H groups in total. The van der Waals surface area contributed by atoms with Crippen molar-refractivity contribution in [3.05, 3.63) is 30.1 Å². The summed E-state index contributed by atoms with van der Waals surface area (Å²) in [5.41, 5.74) is 0.250. The van der Waals surface area contributed by atoms with Crippen molar-refractivity contribution in [2.24, 2.45) is 5.92 Å². The minimum absolute atomic E-state index is 0.116. The zero-order chi connectivity index (χ0) is 11.5. The molecule has 0 atom stereocenters. The number of rotatable bonds is 3. The van der Waals surface area contributed by atoms with Gasteiger partial charge in [-0.05, 0) is 31.9 Å². The van der Waals surface area contributed by atoms with Gasteiger partial charge >= 0.3 is 0 Å². The summed E-state index contributed by atoms with van der Waals surface area (Å²) < 4.78 is 0. The molecule has 0 saturated heterocycles. The van der Waals surface area contributed by atoms with Crippen LogP contribution in [-0.2, 0) is 0 Å². The van der Waals surface area contributed by atoms with Crippen molar-refractivity contribution in [2.75, 3.05) is 0 Å². The molecule has 0 aliphatic carbocycles. The van der Waals surface area contributed by atoms with Crippen molar-refractivity contribution in [3.63, 3.8) is 0 Å². The Morgan fingerprint density at radius 3 is 2.53 bits per heavy atom. The van der Waals surface area contributed by atoms with E-state index in [4.69, 9.17) is 0 Å². The van der Waals surface area contributed by atoms with Crippen molar-refractivity contribution < 1.29 is 4.79 Å². The number of carbonyl (C=O) groups excluding carboxylic acids is 1. The van der Waals surface area contributed by atoms with Crippen LogP contribution >= 0.6 is 0 Å². The van der Waals surface area contributed by atoms with Crippen molar-refractivity contribution in [1.29, 1.82) is 0 Å². The lowest BCUT2D eigenvalue weighted by molar-refractivity contribution is 0.0885. The molecular weight excluding hydrogens is 188 g/mol. The second-order valence-electron chi connectivity index (χ2n) is 4.55. The third-order valence-corrected chi connectivity index (χ3v) is 2.78. The first-order chi connectivity index (χ1) is 6.93. The number of amides is 1. The largest absolute Gasteiger partial charge is 0.346 e. The van der Waals surface area contributed by atoms with Crippen molar-refractivity contribution >= 4 is 5.91 Å². The summed E-state index contributed by atoms with van der Waals surface area (Å²) in [4.78, 5) is 15.8. The van der Waals surface area contributed by atoms with Crippen LogP contribution < -0.4 is 5.32 Å². The van der Waals surface area contributed by atoms with Gasteiger partial charge in [0, 0.05) is 11.7 Å². The minimum Gasteiger partial charge on any atom is -0.346 e. The lowest BCUT2D eigenvalue weighted by Gasteiger charge is -2.30. The Balaban J connectivity index is 2.73. The average molecular weight is 206 g/mol. The molecule has 0 aliphatic heterocycles. The third kappa shape index (κ3) is 3.05. The van der Waals surface area contributed by atoms with Gasteiger partial charge < -0.3 is 5.32 Å². The zero-order valence-corrected chi connectivity index (χ0v) is 9.74. The van der Waals surface area contributed by atoms with Crippen molar-refractivity contribution in [1.82, 2.24) is 10.3 Å². The molecule has 3 nitrogen and oxygen atoms in total. The maximum atomic E-state index is 11.8. The van der Waals surface area contributed by atoms with Gasteiger partial charge in [0.25, 0.3) is 5.91 Å². The highest BCUT2D eigenvalue weighted by Crippen LogP contribution is 2.15. The van der Waals surface area contributed by atoms with Crippen LogP contribution in [0.25, 0.3) is 0 Å². The molecule has 3 heteroatoms. The predicted octanol–water partition coefficient (Wildman–Crippen LogP) is 2.25. The molecule has 1 aromatic rings. The van der Waals surface area contributed by atoms with Gasteiger partial charge in [-0.3, -0.25) is 9.78 Å². The molecule has 0 unspecified atom stereocenters. The monoisotopic (exact) mass is 206 g/mol. The fourth-order valence-corrected chi connectivity index (χ4v) is 0.998. The average Bonchev–Trinajstić information content (AvgIpc) is 2.18. The summed E-state index contributed by atoms with van der Waals surface area (Å²) in [6, 6.07) is 5.32. The Bertz CT molecular complexity index is 331. The molecule has 0 fully saturated rings. The standard InChI is InChI=1S/C12H18N2O/c1-9(2)12(3,4)14-11(15)10-7-5-6-8-13-10/h5-9H,1-4H3,(H,14,15). The maximum Gasteiger partial charge on any atom is 0.270 e. The molecule has 1 heterocycles. The summed E-state index contributed by atoms with van der Waals surface area (Å²) in [5, 5.41) is 2.97. The molecule has 15 heavy (non-hydrogen) atoms. The smallest absolute Gasteiger partial charge is 0.270 e. The second-order valence-corrected chi connectivity index (χ2v) is 4.55. The van der Waals surface area contributed by atoms with Gasteiger partial charge in [0.2, 0.25) is 0 Å². The van der Waals surface area contributed by atoms with Crippen LogP contribution in [0.4, 0.5) is 0 Å². The van der Waals surface area contributed by atoms with Crippen LogP contribution in [0, 0.1) is 5.92 Å². The minimum atomic E-state index is -0.214. The van der Waals surface area contributed by atoms with E-state index in [1.807, 2.05) is 19.9 Å². The van der Waals surface area contributed by atoms with Gasteiger partial charge in [-0.2, -0.15) is 0 Å². The highest BCUT2D eigenvalue weighted by molar-refractivity contribution is 5.92. The van der Waals surface area contributed by atoms with E-state index < -0.39 is 0 Å². The summed E-state index contributed by atoms with van der Waals surface area (Å²) in [5.74, 6) is 0.263. The van der Waals surface area contributed by atoms with Crippen LogP contribution in [0.2, 0.25) is 0 Å². The van der Waals surface area contributed by atoms with Crippen molar-refractivity contribution in [3.8, 4) is 0 Å². The first-order valence-electron chi connectivity index (χ1n) is 5.17. The molecule has 0 saturated carbocycles. The lowest BCUT2D eigenvalue weighted by atomic mass is 9.90. The number of aromatic nitrogens is 1. The zero-order valence-electron chi connectivity index (χ0n) is 9.74. The van der Waals surface area contributed by atoms with Gasteiger partial charge in [-0.25, -0.2) is 0 Å². The molecule has 0 aromatic carbocycles. The molecule has 0 aliphatic rings. The molecule has 0 radical (unpaired) electrons. The maximum absolute atomic E-state index is 11.8. The molecular formula is C12H18N2O. The van der Waals surface area contributed by atoms with E-state index in [9.17, 15) is 4.79 Å². The van der Waals surface area contributed by atoms with E-state index in [0.717, 1.165) is 0 Å². The Kier molecular flexibility index (Phi) is 3.45. The number of hydrogen-bond acceptors (Lipinski definition) is 2. The number of hydrogen-bond donors (Lipinski definition) is 1. The van der Waals surface area contributed by atoms with Crippen LogP contribution in [0.3, 0.4) is 0 Å². The SMILES string of the molecule is CC(C)C(C)(C)NC(=O)c1ccccn1. The molecule has 1 amide bonds. The Hall–Kier alpha value is -1.38. The topological polar surface area (TPSA) is 42.0 Å². The van der Waals surface area contributed by atoms with E-state index in [-0.39, 0.29) is 11.4 Å². The first kappa shape index (κ1) is 11.7. The third-order valence-electron chi connectivity index (χ3n) is 2.78. The predicted molar refractivity (Wildman–Crippen MR) is 60.6 cm³/mol. The van der Waals surface area contributed by atoms with Crippen LogP contribution in [0.5, 0.6) is 0 Å². The lowest BCUT2D eigenvalue weighted by Crippen LogP contribution is -2.47. The Morgan fingerprint density at radius 2 is 2.07 bits per heavy atom. The number of nitrogens with zero attached hydrogens (tertiary/aromatic N) is 1. The normalized spacial score (nSPS) is 11.5. The van der Waals surface area contributed by atoms with Crippen LogP contribution in [0.15, 0.2) is 24.4 Å². The van der Waals surface area contributed by atoms with Gasteiger partial charge in [0.05, 0.1) is 0 Å².